The van der Waals surface area contributed by atoms with Crippen LogP contribution in [-0.4, -0.2) is 65.4 Å². The summed E-state index contributed by atoms with van der Waals surface area (Å²) in [5.41, 5.74) is 6.60. The number of carbonyl (C=O) groups is 2. The second-order valence-corrected chi connectivity index (χ2v) is 12.6. The molecule has 2 aliphatic heterocycles. The molecule has 0 bridgehead atoms. The Morgan fingerprint density at radius 3 is 2.26 bits per heavy atom. The molecule has 3 aliphatic rings. The number of amides is 3. The quantitative estimate of drug-likeness (QED) is 0.530. The van der Waals surface area contributed by atoms with Crippen LogP contribution in [0.25, 0.3) is 0 Å². The van der Waals surface area contributed by atoms with Crippen molar-refractivity contribution in [3.63, 3.8) is 0 Å². The van der Waals surface area contributed by atoms with Crippen LogP contribution in [0, 0.1) is 17.3 Å². The number of rotatable bonds is 6. The third-order valence-electron chi connectivity index (χ3n) is 8.14. The Balaban J connectivity index is 1.46. The van der Waals surface area contributed by atoms with E-state index >= 15 is 0 Å². The van der Waals surface area contributed by atoms with E-state index in [-0.39, 0.29) is 29.4 Å². The van der Waals surface area contributed by atoms with Gasteiger partial charge in [-0.1, -0.05) is 62.9 Å². The van der Waals surface area contributed by atoms with E-state index in [1.54, 1.807) is 4.90 Å². The number of urea groups is 1. The first-order chi connectivity index (χ1) is 16.5. The highest BCUT2D eigenvalue weighted by atomic mass is 35.5. The largest absolute Gasteiger partial charge is 0.351 e. The van der Waals surface area contributed by atoms with Crippen LogP contribution < -0.4 is 5.73 Å². The van der Waals surface area contributed by atoms with Crippen LogP contribution >= 0.6 is 23.2 Å². The lowest BCUT2D eigenvalue weighted by atomic mass is 9.82. The van der Waals surface area contributed by atoms with Gasteiger partial charge in [0.25, 0.3) is 0 Å². The second-order valence-electron chi connectivity index (χ2n) is 11.8. The highest BCUT2D eigenvalue weighted by Crippen LogP contribution is 2.42. The Hall–Kier alpha value is -1.50. The van der Waals surface area contributed by atoms with Gasteiger partial charge < -0.3 is 15.5 Å². The Labute approximate surface area is 220 Å². The molecule has 1 aliphatic carbocycles. The number of piperidine rings is 1. The predicted molar refractivity (Wildman–Crippen MR) is 142 cm³/mol. The van der Waals surface area contributed by atoms with Crippen LogP contribution in [0.2, 0.25) is 10.0 Å². The normalized spacial score (nSPS) is 23.4. The summed E-state index contributed by atoms with van der Waals surface area (Å²) in [5.74, 6) is 1.33. The van der Waals surface area contributed by atoms with Gasteiger partial charge in [0.1, 0.15) is 0 Å². The third-order valence-corrected chi connectivity index (χ3v) is 8.88. The average molecular weight is 524 g/mol. The number of hydrogen-bond donors (Lipinski definition) is 1. The molecule has 35 heavy (non-hydrogen) atoms. The molecule has 6 nitrogen and oxygen atoms in total. The van der Waals surface area contributed by atoms with Gasteiger partial charge in [-0.15, -0.1) is 0 Å². The molecule has 3 fully saturated rings. The van der Waals surface area contributed by atoms with Crippen LogP contribution in [-0.2, 0) is 4.79 Å². The van der Waals surface area contributed by atoms with Crippen molar-refractivity contribution >= 4 is 35.1 Å². The standard InChI is InChI=1S/C27H40Cl2N4O2/c1-27(2,3)24-17-32(23(14-18-4-5-18)20-6-7-21(28)22(29)16-20)12-13-33(24)25(34)15-19-8-10-31(11-9-19)26(30)35/h6-7,16,18-19,23-24H,4-5,8-15,17H2,1-3H3,(H2,30,35). The predicted octanol–water partition coefficient (Wildman–Crippen LogP) is 5.57. The highest BCUT2D eigenvalue weighted by molar-refractivity contribution is 6.42. The van der Waals surface area contributed by atoms with Crippen LogP contribution in [0.5, 0.6) is 0 Å². The smallest absolute Gasteiger partial charge is 0.314 e. The van der Waals surface area contributed by atoms with Crippen molar-refractivity contribution in [2.45, 2.75) is 71.4 Å². The molecule has 0 radical (unpaired) electrons. The molecular formula is C27H40Cl2N4O2. The molecule has 0 aromatic heterocycles. The number of piperazine rings is 1. The van der Waals surface area contributed by atoms with Gasteiger partial charge in [0.05, 0.1) is 10.0 Å². The van der Waals surface area contributed by atoms with Crippen LogP contribution in [0.4, 0.5) is 4.79 Å². The molecule has 0 spiro atoms. The molecule has 2 unspecified atom stereocenters. The molecule has 1 saturated carbocycles. The lowest BCUT2D eigenvalue weighted by molar-refractivity contribution is -0.141. The van der Waals surface area contributed by atoms with E-state index in [9.17, 15) is 9.59 Å². The lowest BCUT2D eigenvalue weighted by Gasteiger charge is -2.50. The number of nitrogens with two attached hydrogens (primary N) is 1. The van der Waals surface area contributed by atoms with E-state index in [1.807, 2.05) is 12.1 Å². The van der Waals surface area contributed by atoms with Crippen molar-refractivity contribution in [2.24, 2.45) is 23.0 Å². The zero-order valence-electron chi connectivity index (χ0n) is 21.3. The maximum absolute atomic E-state index is 13.5. The van der Waals surface area contributed by atoms with Gasteiger partial charge in [-0.25, -0.2) is 4.79 Å². The number of benzene rings is 1. The van der Waals surface area contributed by atoms with E-state index in [2.05, 4.69) is 36.6 Å². The molecule has 8 heteroatoms. The number of carbonyl (C=O) groups excluding carboxylic acids is 2. The van der Waals surface area contributed by atoms with Crippen molar-refractivity contribution in [3.8, 4) is 0 Å². The zero-order chi connectivity index (χ0) is 25.3. The van der Waals surface area contributed by atoms with E-state index in [4.69, 9.17) is 28.9 Å². The zero-order valence-corrected chi connectivity index (χ0v) is 22.8. The topological polar surface area (TPSA) is 69.9 Å². The second kappa shape index (κ2) is 10.9. The Bertz CT molecular complexity index is 922. The van der Waals surface area contributed by atoms with E-state index < -0.39 is 0 Å². The summed E-state index contributed by atoms with van der Waals surface area (Å²) in [6.45, 7) is 10.5. The Kier molecular flexibility index (Phi) is 8.24. The molecule has 2 N–H and O–H groups in total. The first-order valence-electron chi connectivity index (χ1n) is 13.1. The molecule has 3 amide bonds. The number of primary amides is 1. The molecule has 1 aromatic carbocycles. The van der Waals surface area contributed by atoms with Crippen LogP contribution in [0.15, 0.2) is 18.2 Å². The van der Waals surface area contributed by atoms with Crippen molar-refractivity contribution in [1.82, 2.24) is 14.7 Å². The summed E-state index contributed by atoms with van der Waals surface area (Å²) in [4.78, 5) is 31.4. The molecule has 194 valence electrons. The van der Waals surface area contributed by atoms with Crippen molar-refractivity contribution in [2.75, 3.05) is 32.7 Å². The summed E-state index contributed by atoms with van der Waals surface area (Å²) >= 11 is 12.6. The number of nitrogens with zero attached hydrogens (tertiary/aromatic N) is 3. The van der Waals surface area contributed by atoms with Gasteiger partial charge in [0, 0.05) is 51.2 Å². The highest BCUT2D eigenvalue weighted by Gasteiger charge is 2.41. The van der Waals surface area contributed by atoms with E-state index in [0.29, 0.717) is 35.5 Å². The minimum absolute atomic E-state index is 0.0363. The van der Waals surface area contributed by atoms with Gasteiger partial charge in [0.15, 0.2) is 0 Å². The van der Waals surface area contributed by atoms with Crippen LogP contribution in [0.3, 0.4) is 0 Å². The summed E-state index contributed by atoms with van der Waals surface area (Å²) in [6.07, 6.45) is 5.96. The van der Waals surface area contributed by atoms with Gasteiger partial charge in [0.2, 0.25) is 5.91 Å². The monoisotopic (exact) mass is 522 g/mol. The van der Waals surface area contributed by atoms with Gasteiger partial charge in [-0.2, -0.15) is 0 Å². The average Bonchev–Trinajstić information content (AvgIpc) is 3.63. The number of likely N-dealkylation sites (tertiary alicyclic amines) is 1. The molecule has 2 heterocycles. The first-order valence-corrected chi connectivity index (χ1v) is 13.8. The van der Waals surface area contributed by atoms with Crippen LogP contribution in [0.1, 0.15) is 70.9 Å². The molecule has 2 atom stereocenters. The SMILES string of the molecule is CC(C)(C)C1CN(C(CC2CC2)c2ccc(Cl)c(Cl)c2)CCN1C(=O)CC1CCN(C(N)=O)CC1. The maximum Gasteiger partial charge on any atom is 0.314 e. The number of halogens is 2. The fourth-order valence-corrected chi connectivity index (χ4v) is 6.04. The minimum Gasteiger partial charge on any atom is -0.351 e. The molecular weight excluding hydrogens is 483 g/mol. The molecule has 1 aromatic rings. The summed E-state index contributed by atoms with van der Waals surface area (Å²) in [5, 5.41) is 1.19. The van der Waals surface area contributed by atoms with E-state index in [1.165, 1.54) is 18.4 Å². The fraction of sp³-hybridized carbons (Fsp3) is 0.704. The van der Waals surface area contributed by atoms with Crippen molar-refractivity contribution in [3.05, 3.63) is 33.8 Å². The number of hydrogen-bond acceptors (Lipinski definition) is 3. The fourth-order valence-electron chi connectivity index (χ4n) is 5.73. The van der Waals surface area contributed by atoms with Crippen molar-refractivity contribution in [1.29, 1.82) is 0 Å². The third kappa shape index (κ3) is 6.64. The Morgan fingerprint density at radius 1 is 1.00 bits per heavy atom. The summed E-state index contributed by atoms with van der Waals surface area (Å²) < 4.78 is 0. The molecule has 4 rings (SSSR count). The van der Waals surface area contributed by atoms with Gasteiger partial charge in [-0.05, 0) is 54.2 Å². The van der Waals surface area contributed by atoms with E-state index in [0.717, 1.165) is 44.8 Å². The summed E-state index contributed by atoms with van der Waals surface area (Å²) in [7, 11) is 0. The van der Waals surface area contributed by atoms with Crippen molar-refractivity contribution < 1.29 is 9.59 Å². The Morgan fingerprint density at radius 2 is 1.69 bits per heavy atom. The minimum atomic E-state index is -0.360. The maximum atomic E-state index is 13.5. The lowest BCUT2D eigenvalue weighted by Crippen LogP contribution is -2.60. The summed E-state index contributed by atoms with van der Waals surface area (Å²) in [6, 6.07) is 6.12. The first kappa shape index (κ1) is 26.6. The van der Waals surface area contributed by atoms with Gasteiger partial charge >= 0.3 is 6.03 Å². The van der Waals surface area contributed by atoms with Gasteiger partial charge in [-0.3, -0.25) is 9.69 Å². The molecule has 2 saturated heterocycles.